The van der Waals surface area contributed by atoms with Gasteiger partial charge in [0, 0.05) is 4.88 Å². The molecule has 0 fully saturated rings. The molecule has 0 spiro atoms. The van der Waals surface area contributed by atoms with Gasteiger partial charge in [-0.3, -0.25) is 4.79 Å². The maximum absolute atomic E-state index is 11.0. The Labute approximate surface area is 128 Å². The Kier molecular flexibility index (Phi) is 3.73. The molecule has 3 rings (SSSR count). The SMILES string of the molecule is Cc1nc(Sc2nc3ccccc3s2)sc1CC(N)=O. The molecule has 0 unspecified atom stereocenters. The van der Waals surface area contributed by atoms with E-state index in [0.717, 1.165) is 24.8 Å². The highest BCUT2D eigenvalue weighted by molar-refractivity contribution is 8.02. The van der Waals surface area contributed by atoms with Gasteiger partial charge >= 0.3 is 0 Å². The number of nitrogens with zero attached hydrogens (tertiary/aromatic N) is 2. The van der Waals surface area contributed by atoms with Crippen LogP contribution in [0.4, 0.5) is 0 Å². The Morgan fingerprint density at radius 3 is 2.75 bits per heavy atom. The second kappa shape index (κ2) is 5.51. The van der Waals surface area contributed by atoms with Crippen LogP contribution in [-0.2, 0) is 11.2 Å². The van der Waals surface area contributed by atoms with Crippen LogP contribution in [0.1, 0.15) is 10.6 Å². The van der Waals surface area contributed by atoms with Crippen molar-refractivity contribution >= 4 is 50.6 Å². The van der Waals surface area contributed by atoms with Crippen LogP contribution in [0.3, 0.4) is 0 Å². The van der Waals surface area contributed by atoms with Gasteiger partial charge in [-0.05, 0) is 30.8 Å². The molecule has 0 aliphatic rings. The van der Waals surface area contributed by atoms with Crippen LogP contribution >= 0.6 is 34.4 Å². The monoisotopic (exact) mass is 321 g/mol. The van der Waals surface area contributed by atoms with Gasteiger partial charge in [0.25, 0.3) is 0 Å². The van der Waals surface area contributed by atoms with Crippen molar-refractivity contribution in [2.24, 2.45) is 5.73 Å². The predicted octanol–water partition coefficient (Wildman–Crippen LogP) is 3.24. The molecule has 0 saturated carbocycles. The second-order valence-corrected chi connectivity index (χ2v) is 7.79. The van der Waals surface area contributed by atoms with Crippen molar-refractivity contribution in [3.63, 3.8) is 0 Å². The first-order valence-electron chi connectivity index (χ1n) is 5.90. The van der Waals surface area contributed by atoms with E-state index >= 15 is 0 Å². The molecule has 1 aromatic carbocycles. The molecule has 7 heteroatoms. The number of nitrogens with two attached hydrogens (primary N) is 1. The Balaban J connectivity index is 1.85. The molecular weight excluding hydrogens is 310 g/mol. The number of para-hydroxylation sites is 1. The fraction of sp³-hybridized carbons (Fsp3) is 0.154. The number of fused-ring (bicyclic) bond motifs is 1. The molecule has 0 bridgehead atoms. The molecule has 1 amide bonds. The van der Waals surface area contributed by atoms with E-state index in [9.17, 15) is 4.79 Å². The number of carbonyl (C=O) groups is 1. The van der Waals surface area contributed by atoms with Crippen molar-refractivity contribution in [3.8, 4) is 0 Å². The first-order valence-corrected chi connectivity index (χ1v) is 8.35. The lowest BCUT2D eigenvalue weighted by atomic mass is 10.3. The lowest BCUT2D eigenvalue weighted by Gasteiger charge is -1.90. The van der Waals surface area contributed by atoms with Crippen LogP contribution in [0.2, 0.25) is 0 Å². The summed E-state index contributed by atoms with van der Waals surface area (Å²) in [4.78, 5) is 21.0. The number of primary amides is 1. The summed E-state index contributed by atoms with van der Waals surface area (Å²) in [6.07, 6.45) is 0.254. The summed E-state index contributed by atoms with van der Waals surface area (Å²) in [7, 11) is 0. The van der Waals surface area contributed by atoms with Crippen LogP contribution in [0.5, 0.6) is 0 Å². The Morgan fingerprint density at radius 2 is 2.00 bits per heavy atom. The molecule has 0 aliphatic heterocycles. The quantitative estimate of drug-likeness (QED) is 0.801. The lowest BCUT2D eigenvalue weighted by molar-refractivity contribution is -0.117. The number of aromatic nitrogens is 2. The molecule has 3 aromatic rings. The number of hydrogen-bond donors (Lipinski definition) is 1. The second-order valence-electron chi connectivity index (χ2n) is 4.18. The minimum absolute atomic E-state index is 0.254. The van der Waals surface area contributed by atoms with Crippen molar-refractivity contribution in [1.29, 1.82) is 0 Å². The summed E-state index contributed by atoms with van der Waals surface area (Å²) in [5.74, 6) is -0.326. The number of benzene rings is 1. The van der Waals surface area contributed by atoms with Gasteiger partial charge in [-0.1, -0.05) is 12.1 Å². The van der Waals surface area contributed by atoms with Crippen LogP contribution in [0.25, 0.3) is 10.2 Å². The molecule has 0 saturated heterocycles. The number of amides is 1. The standard InChI is InChI=1S/C13H11N3OS3/c1-7-10(6-11(14)17)19-12(15-7)20-13-16-8-4-2-3-5-9(8)18-13/h2-5H,6H2,1H3,(H2,14,17). The highest BCUT2D eigenvalue weighted by Crippen LogP contribution is 2.37. The van der Waals surface area contributed by atoms with Gasteiger partial charge in [-0.25, -0.2) is 9.97 Å². The fourth-order valence-corrected chi connectivity index (χ4v) is 5.25. The van der Waals surface area contributed by atoms with Gasteiger partial charge in [0.05, 0.1) is 22.3 Å². The molecule has 4 nitrogen and oxygen atoms in total. The maximum atomic E-state index is 11.0. The van der Waals surface area contributed by atoms with Crippen molar-refractivity contribution < 1.29 is 4.79 Å². The van der Waals surface area contributed by atoms with Gasteiger partial charge in [0.2, 0.25) is 5.91 Å². The fourth-order valence-electron chi connectivity index (χ4n) is 1.74. The average Bonchev–Trinajstić information content (AvgIpc) is 2.92. The molecule has 20 heavy (non-hydrogen) atoms. The first kappa shape index (κ1) is 13.5. The molecule has 2 heterocycles. The Morgan fingerprint density at radius 1 is 1.25 bits per heavy atom. The van der Waals surface area contributed by atoms with E-state index in [1.807, 2.05) is 25.1 Å². The van der Waals surface area contributed by atoms with Crippen molar-refractivity contribution in [1.82, 2.24) is 9.97 Å². The third kappa shape index (κ3) is 2.84. The summed E-state index contributed by atoms with van der Waals surface area (Å²) in [5.41, 5.74) is 7.11. The summed E-state index contributed by atoms with van der Waals surface area (Å²) in [5, 5.41) is 0. The molecule has 0 atom stereocenters. The number of thiazole rings is 2. The topological polar surface area (TPSA) is 68.9 Å². The molecule has 2 aromatic heterocycles. The number of rotatable bonds is 4. The number of carbonyl (C=O) groups excluding carboxylic acids is 1. The minimum atomic E-state index is -0.326. The average molecular weight is 321 g/mol. The Hall–Kier alpha value is -1.44. The van der Waals surface area contributed by atoms with Crippen LogP contribution in [0.15, 0.2) is 32.9 Å². The molecule has 0 radical (unpaired) electrons. The summed E-state index contributed by atoms with van der Waals surface area (Å²) < 4.78 is 3.03. The van der Waals surface area contributed by atoms with Crippen molar-refractivity contribution in [3.05, 3.63) is 34.8 Å². The summed E-state index contributed by atoms with van der Waals surface area (Å²) in [6.45, 7) is 1.90. The van der Waals surface area contributed by atoms with Gasteiger partial charge in [0.1, 0.15) is 0 Å². The summed E-state index contributed by atoms with van der Waals surface area (Å²) >= 11 is 4.70. The molecule has 2 N–H and O–H groups in total. The predicted molar refractivity (Wildman–Crippen MR) is 83.5 cm³/mol. The van der Waals surface area contributed by atoms with E-state index in [1.54, 1.807) is 11.3 Å². The third-order valence-corrected chi connectivity index (χ3v) is 5.97. The van der Waals surface area contributed by atoms with Gasteiger partial charge < -0.3 is 5.73 Å². The number of hydrogen-bond acceptors (Lipinski definition) is 6. The highest BCUT2D eigenvalue weighted by Gasteiger charge is 2.13. The largest absolute Gasteiger partial charge is 0.369 e. The van der Waals surface area contributed by atoms with Gasteiger partial charge in [0.15, 0.2) is 8.68 Å². The van der Waals surface area contributed by atoms with Gasteiger partial charge in [-0.15, -0.1) is 22.7 Å². The van der Waals surface area contributed by atoms with Crippen molar-refractivity contribution in [2.45, 2.75) is 22.0 Å². The van der Waals surface area contributed by atoms with E-state index in [1.165, 1.54) is 27.8 Å². The van der Waals surface area contributed by atoms with E-state index in [4.69, 9.17) is 5.73 Å². The van der Waals surface area contributed by atoms with Crippen molar-refractivity contribution in [2.75, 3.05) is 0 Å². The zero-order valence-electron chi connectivity index (χ0n) is 10.6. The third-order valence-electron chi connectivity index (χ3n) is 2.66. The molecular formula is C13H11N3OS3. The van der Waals surface area contributed by atoms with E-state index in [2.05, 4.69) is 16.0 Å². The highest BCUT2D eigenvalue weighted by atomic mass is 32.2. The maximum Gasteiger partial charge on any atom is 0.222 e. The van der Waals surface area contributed by atoms with Crippen LogP contribution in [0, 0.1) is 6.92 Å². The first-order chi connectivity index (χ1) is 9.61. The normalized spacial score (nSPS) is 11.1. The minimum Gasteiger partial charge on any atom is -0.369 e. The number of aryl methyl sites for hydroxylation is 1. The molecule has 0 aliphatic carbocycles. The van der Waals surface area contributed by atoms with Gasteiger partial charge in [-0.2, -0.15) is 0 Å². The zero-order valence-corrected chi connectivity index (χ0v) is 13.1. The zero-order chi connectivity index (χ0) is 14.1. The van der Waals surface area contributed by atoms with Crippen LogP contribution in [-0.4, -0.2) is 15.9 Å². The van der Waals surface area contributed by atoms with E-state index < -0.39 is 0 Å². The Bertz CT molecular complexity index is 745. The summed E-state index contributed by atoms with van der Waals surface area (Å²) in [6, 6.07) is 8.05. The smallest absolute Gasteiger partial charge is 0.222 e. The molecule has 102 valence electrons. The van der Waals surface area contributed by atoms with Crippen LogP contribution < -0.4 is 5.73 Å². The lowest BCUT2D eigenvalue weighted by Crippen LogP contribution is -2.13. The van der Waals surface area contributed by atoms with E-state index in [-0.39, 0.29) is 12.3 Å². The van der Waals surface area contributed by atoms with E-state index in [0.29, 0.717) is 0 Å².